The summed E-state index contributed by atoms with van der Waals surface area (Å²) < 4.78 is 16.7. The molecule has 0 aliphatic heterocycles. The van der Waals surface area contributed by atoms with Crippen LogP contribution in [-0.4, -0.2) is 17.7 Å². The summed E-state index contributed by atoms with van der Waals surface area (Å²) >= 11 is 0. The fraction of sp³-hybridized carbons (Fsp3) is 1.00. The van der Waals surface area contributed by atoms with Gasteiger partial charge in [0.2, 0.25) is 0 Å². The van der Waals surface area contributed by atoms with Gasteiger partial charge in [0.1, 0.15) is 0 Å². The molecule has 1 atom stereocenters. The molecule has 0 saturated carbocycles. The Morgan fingerprint density at radius 1 is 1.00 bits per heavy atom. The van der Waals surface area contributed by atoms with E-state index in [4.69, 9.17) is 4.52 Å². The van der Waals surface area contributed by atoms with Crippen molar-refractivity contribution >= 4 is 7.60 Å². The summed E-state index contributed by atoms with van der Waals surface area (Å²) in [5.41, 5.74) is 0. The van der Waals surface area contributed by atoms with Crippen molar-refractivity contribution in [3.05, 3.63) is 0 Å². The van der Waals surface area contributed by atoms with E-state index >= 15 is 0 Å². The Morgan fingerprint density at radius 3 is 2.12 bits per heavy atom. The Hall–Kier alpha value is 0.150. The van der Waals surface area contributed by atoms with E-state index in [2.05, 4.69) is 13.8 Å². The molecular formula is C13H29O3P. The molecule has 0 aromatic heterocycles. The van der Waals surface area contributed by atoms with Crippen molar-refractivity contribution in [3.8, 4) is 0 Å². The number of unbranched alkanes of at least 4 members (excludes halogenated alkanes) is 2. The van der Waals surface area contributed by atoms with E-state index in [0.29, 0.717) is 12.5 Å². The van der Waals surface area contributed by atoms with Gasteiger partial charge in [-0.3, -0.25) is 4.57 Å². The Morgan fingerprint density at radius 2 is 1.59 bits per heavy atom. The highest BCUT2D eigenvalue weighted by atomic mass is 31.2. The van der Waals surface area contributed by atoms with Crippen molar-refractivity contribution in [1.82, 2.24) is 0 Å². The fourth-order valence-electron chi connectivity index (χ4n) is 1.52. The second-order valence-corrected chi connectivity index (χ2v) is 7.60. The van der Waals surface area contributed by atoms with Gasteiger partial charge >= 0.3 is 7.60 Å². The predicted octanol–water partition coefficient (Wildman–Crippen LogP) is 4.45. The minimum Gasteiger partial charge on any atom is -0.324 e. The summed E-state index contributed by atoms with van der Waals surface area (Å²) in [4.78, 5) is 9.54. The van der Waals surface area contributed by atoms with Gasteiger partial charge in [0.05, 0.1) is 12.8 Å². The van der Waals surface area contributed by atoms with Gasteiger partial charge in [-0.05, 0) is 24.7 Å². The molecule has 0 aliphatic rings. The van der Waals surface area contributed by atoms with Crippen molar-refractivity contribution < 1.29 is 14.0 Å². The van der Waals surface area contributed by atoms with Crippen LogP contribution < -0.4 is 0 Å². The van der Waals surface area contributed by atoms with Crippen LogP contribution in [0.4, 0.5) is 0 Å². The van der Waals surface area contributed by atoms with Gasteiger partial charge in [-0.15, -0.1) is 0 Å². The van der Waals surface area contributed by atoms with Crippen LogP contribution in [0.15, 0.2) is 0 Å². The quantitative estimate of drug-likeness (QED) is 0.468. The molecule has 0 rings (SSSR count). The molecule has 0 amide bonds. The van der Waals surface area contributed by atoms with Crippen LogP contribution in [0.2, 0.25) is 0 Å². The molecule has 3 nitrogen and oxygen atoms in total. The highest BCUT2D eigenvalue weighted by Gasteiger charge is 2.18. The van der Waals surface area contributed by atoms with Gasteiger partial charge in [0.15, 0.2) is 0 Å². The van der Waals surface area contributed by atoms with E-state index in [0.717, 1.165) is 25.2 Å². The standard InChI is InChI=1S/C13H29O3P/c1-12(2)8-6-5-7-10-16-17(14,15)11-9-13(3)4/h12-13H,5-11H2,1-4H3,(H,14,15). The van der Waals surface area contributed by atoms with Gasteiger partial charge in [0.25, 0.3) is 0 Å². The van der Waals surface area contributed by atoms with E-state index in [1.54, 1.807) is 0 Å². The van der Waals surface area contributed by atoms with E-state index in [-0.39, 0.29) is 6.16 Å². The highest BCUT2D eigenvalue weighted by Crippen LogP contribution is 2.43. The average Bonchev–Trinajstić information content (AvgIpc) is 2.20. The van der Waals surface area contributed by atoms with E-state index in [1.807, 2.05) is 13.8 Å². The first-order valence-electron chi connectivity index (χ1n) is 6.80. The second kappa shape index (κ2) is 9.13. The minimum absolute atomic E-state index is 0.288. The zero-order chi connectivity index (χ0) is 13.3. The summed E-state index contributed by atoms with van der Waals surface area (Å²) in [5.74, 6) is 1.19. The number of hydrogen-bond acceptors (Lipinski definition) is 2. The van der Waals surface area contributed by atoms with Crippen molar-refractivity contribution in [1.29, 1.82) is 0 Å². The molecule has 104 valence electrons. The molecule has 0 fully saturated rings. The molecule has 4 heteroatoms. The maximum Gasteiger partial charge on any atom is 0.328 e. The first-order valence-corrected chi connectivity index (χ1v) is 8.56. The third-order valence-electron chi connectivity index (χ3n) is 2.71. The summed E-state index contributed by atoms with van der Waals surface area (Å²) in [6, 6.07) is 0. The zero-order valence-corrected chi connectivity index (χ0v) is 12.7. The summed E-state index contributed by atoms with van der Waals surface area (Å²) in [7, 11) is -3.31. The molecule has 0 heterocycles. The maximum atomic E-state index is 11.6. The van der Waals surface area contributed by atoms with Crippen molar-refractivity contribution in [3.63, 3.8) is 0 Å². The minimum atomic E-state index is -3.31. The summed E-state index contributed by atoms with van der Waals surface area (Å²) in [6.07, 6.45) is 5.42. The topological polar surface area (TPSA) is 46.5 Å². The fourth-order valence-corrected chi connectivity index (χ4v) is 2.91. The van der Waals surface area contributed by atoms with Crippen molar-refractivity contribution in [2.45, 2.75) is 59.8 Å². The molecule has 0 aromatic rings. The van der Waals surface area contributed by atoms with Gasteiger partial charge in [0, 0.05) is 0 Å². The monoisotopic (exact) mass is 264 g/mol. The SMILES string of the molecule is CC(C)CCCCCOP(=O)(O)CCC(C)C. The number of rotatable bonds is 10. The van der Waals surface area contributed by atoms with Crippen LogP contribution in [0.3, 0.4) is 0 Å². The van der Waals surface area contributed by atoms with Crippen LogP contribution in [-0.2, 0) is 9.09 Å². The lowest BCUT2D eigenvalue weighted by Gasteiger charge is -2.13. The first-order chi connectivity index (χ1) is 7.83. The Bertz CT molecular complexity index is 227. The Kier molecular flexibility index (Phi) is 9.21. The van der Waals surface area contributed by atoms with Gasteiger partial charge in [-0.1, -0.05) is 47.0 Å². The normalized spacial score (nSPS) is 15.5. The van der Waals surface area contributed by atoms with Gasteiger partial charge in [-0.2, -0.15) is 0 Å². The Balaban J connectivity index is 3.49. The van der Waals surface area contributed by atoms with Crippen molar-refractivity contribution in [2.24, 2.45) is 11.8 Å². The molecule has 17 heavy (non-hydrogen) atoms. The van der Waals surface area contributed by atoms with E-state index in [1.165, 1.54) is 12.8 Å². The third kappa shape index (κ3) is 12.4. The molecule has 0 aliphatic carbocycles. The van der Waals surface area contributed by atoms with E-state index < -0.39 is 7.60 Å². The lowest BCUT2D eigenvalue weighted by molar-refractivity contribution is 0.250. The van der Waals surface area contributed by atoms with Crippen LogP contribution in [0.1, 0.15) is 59.8 Å². The molecule has 0 radical (unpaired) electrons. The molecule has 0 bridgehead atoms. The van der Waals surface area contributed by atoms with Crippen LogP contribution in [0.25, 0.3) is 0 Å². The lowest BCUT2D eigenvalue weighted by atomic mass is 10.1. The van der Waals surface area contributed by atoms with Crippen LogP contribution >= 0.6 is 7.60 Å². The average molecular weight is 264 g/mol. The molecule has 0 spiro atoms. The molecule has 1 N–H and O–H groups in total. The highest BCUT2D eigenvalue weighted by molar-refractivity contribution is 7.52. The largest absolute Gasteiger partial charge is 0.328 e. The summed E-state index contributed by atoms with van der Waals surface area (Å²) in [5, 5.41) is 0. The molecule has 0 aromatic carbocycles. The second-order valence-electron chi connectivity index (χ2n) is 5.62. The summed E-state index contributed by atoms with van der Waals surface area (Å²) in [6.45, 7) is 8.94. The van der Waals surface area contributed by atoms with Crippen LogP contribution in [0.5, 0.6) is 0 Å². The molecule has 1 unspecified atom stereocenters. The lowest BCUT2D eigenvalue weighted by Crippen LogP contribution is -2.00. The maximum absolute atomic E-state index is 11.6. The van der Waals surface area contributed by atoms with Crippen molar-refractivity contribution in [2.75, 3.05) is 12.8 Å². The third-order valence-corrected chi connectivity index (χ3v) is 4.12. The zero-order valence-electron chi connectivity index (χ0n) is 11.8. The van der Waals surface area contributed by atoms with Gasteiger partial charge < -0.3 is 9.42 Å². The Labute approximate surface area is 106 Å². The molecule has 0 saturated heterocycles. The van der Waals surface area contributed by atoms with Gasteiger partial charge in [-0.25, -0.2) is 0 Å². The molecular weight excluding hydrogens is 235 g/mol. The number of hydrogen-bond donors (Lipinski definition) is 1. The first kappa shape index (κ1) is 17.2. The predicted molar refractivity (Wildman–Crippen MR) is 73.4 cm³/mol. The van der Waals surface area contributed by atoms with Crippen LogP contribution in [0, 0.1) is 11.8 Å². The smallest absolute Gasteiger partial charge is 0.324 e. The van der Waals surface area contributed by atoms with E-state index in [9.17, 15) is 9.46 Å².